The van der Waals surface area contributed by atoms with Crippen LogP contribution in [0.4, 0.5) is 5.82 Å². The van der Waals surface area contributed by atoms with E-state index in [9.17, 15) is 0 Å². The number of benzene rings is 1. The van der Waals surface area contributed by atoms with Gasteiger partial charge in [0, 0.05) is 31.9 Å². The third kappa shape index (κ3) is 4.74. The van der Waals surface area contributed by atoms with E-state index in [0.717, 1.165) is 44.0 Å². The summed E-state index contributed by atoms with van der Waals surface area (Å²) in [6.07, 6.45) is 3.83. The number of anilines is 1. The molecule has 26 heavy (non-hydrogen) atoms. The summed E-state index contributed by atoms with van der Waals surface area (Å²) in [5.74, 6) is 1.78. The highest BCUT2D eigenvalue weighted by Crippen LogP contribution is 2.22. The number of rotatable bonds is 6. The van der Waals surface area contributed by atoms with Crippen molar-refractivity contribution in [2.45, 2.75) is 39.3 Å². The molecule has 0 saturated carbocycles. The lowest BCUT2D eigenvalue weighted by Gasteiger charge is -2.32. The van der Waals surface area contributed by atoms with Crippen LogP contribution in [0, 0.1) is 18.3 Å². The van der Waals surface area contributed by atoms with Gasteiger partial charge in [0.2, 0.25) is 0 Å². The fourth-order valence-electron chi connectivity index (χ4n) is 3.34. The zero-order valence-corrected chi connectivity index (χ0v) is 15.5. The van der Waals surface area contributed by atoms with E-state index in [0.29, 0.717) is 18.2 Å². The Balaban J connectivity index is 1.52. The van der Waals surface area contributed by atoms with Crippen molar-refractivity contribution in [3.8, 4) is 11.8 Å². The van der Waals surface area contributed by atoms with Gasteiger partial charge in [-0.05, 0) is 56.0 Å². The quantitative estimate of drug-likeness (QED) is 0.860. The Kier molecular flexibility index (Phi) is 6.08. The molecule has 0 spiro atoms. The average Bonchev–Trinajstić information content (AvgIpc) is 2.66. The number of piperidine rings is 1. The third-order valence-electron chi connectivity index (χ3n) is 4.79. The van der Waals surface area contributed by atoms with Gasteiger partial charge in [0.1, 0.15) is 11.6 Å². The molecule has 0 aliphatic carbocycles. The van der Waals surface area contributed by atoms with Crippen LogP contribution in [0.15, 0.2) is 36.5 Å². The summed E-state index contributed by atoms with van der Waals surface area (Å²) in [7, 11) is 0. The van der Waals surface area contributed by atoms with Crippen LogP contribution in [0.1, 0.15) is 36.5 Å². The molecule has 2 heterocycles. The van der Waals surface area contributed by atoms with E-state index in [2.05, 4.69) is 46.4 Å². The fraction of sp³-hybridized carbons (Fsp3) is 0.429. The van der Waals surface area contributed by atoms with Crippen molar-refractivity contribution >= 4 is 5.82 Å². The Hall–Kier alpha value is -2.58. The second-order valence-corrected chi connectivity index (χ2v) is 6.77. The summed E-state index contributed by atoms with van der Waals surface area (Å²) >= 11 is 0. The number of hydrogen-bond acceptors (Lipinski definition) is 5. The normalized spacial score (nSPS) is 15.4. The highest BCUT2D eigenvalue weighted by atomic mass is 16.5. The largest absolute Gasteiger partial charge is 0.494 e. The molecule has 1 aliphatic rings. The number of likely N-dealkylation sites (tertiary alicyclic amines) is 1. The summed E-state index contributed by atoms with van der Waals surface area (Å²) in [5.41, 5.74) is 3.13. The number of ether oxygens (including phenoxy) is 1. The highest BCUT2D eigenvalue weighted by Gasteiger charge is 2.19. The minimum absolute atomic E-state index is 0.407. The first-order valence-electron chi connectivity index (χ1n) is 9.25. The number of aryl methyl sites for hydroxylation is 1. The molecule has 0 bridgehead atoms. The minimum Gasteiger partial charge on any atom is -0.494 e. The second-order valence-electron chi connectivity index (χ2n) is 6.77. The SMILES string of the molecule is CCOc1cc(CN2CCC(Nc3cc(C#N)ccn3)CC2)ccc1C. The maximum atomic E-state index is 8.99. The Morgan fingerprint density at radius 2 is 2.08 bits per heavy atom. The molecule has 5 heteroatoms. The average molecular weight is 350 g/mol. The molecular weight excluding hydrogens is 324 g/mol. The first kappa shape index (κ1) is 18.2. The Labute approximate surface area is 155 Å². The van der Waals surface area contributed by atoms with Crippen molar-refractivity contribution in [2.75, 3.05) is 25.0 Å². The Morgan fingerprint density at radius 1 is 1.27 bits per heavy atom. The first-order valence-corrected chi connectivity index (χ1v) is 9.25. The van der Waals surface area contributed by atoms with E-state index in [1.807, 2.05) is 13.0 Å². The van der Waals surface area contributed by atoms with Gasteiger partial charge < -0.3 is 10.1 Å². The van der Waals surface area contributed by atoms with Crippen molar-refractivity contribution in [2.24, 2.45) is 0 Å². The van der Waals surface area contributed by atoms with E-state index in [1.165, 1.54) is 11.1 Å². The lowest BCUT2D eigenvalue weighted by molar-refractivity contribution is 0.211. The van der Waals surface area contributed by atoms with Gasteiger partial charge in [0.25, 0.3) is 0 Å². The maximum Gasteiger partial charge on any atom is 0.127 e. The van der Waals surface area contributed by atoms with Crippen molar-refractivity contribution in [3.05, 3.63) is 53.2 Å². The van der Waals surface area contributed by atoms with Crippen LogP contribution in [-0.4, -0.2) is 35.6 Å². The number of aromatic nitrogens is 1. The molecule has 1 aromatic carbocycles. The van der Waals surface area contributed by atoms with Crippen LogP contribution in [0.25, 0.3) is 0 Å². The number of hydrogen-bond donors (Lipinski definition) is 1. The van der Waals surface area contributed by atoms with Crippen LogP contribution < -0.4 is 10.1 Å². The van der Waals surface area contributed by atoms with Gasteiger partial charge in [-0.25, -0.2) is 4.98 Å². The van der Waals surface area contributed by atoms with Gasteiger partial charge in [0.05, 0.1) is 18.2 Å². The number of nitrogens with zero attached hydrogens (tertiary/aromatic N) is 3. The topological polar surface area (TPSA) is 61.2 Å². The maximum absolute atomic E-state index is 8.99. The molecular formula is C21H26N4O. The highest BCUT2D eigenvalue weighted by molar-refractivity contribution is 5.43. The molecule has 1 saturated heterocycles. The molecule has 0 amide bonds. The molecule has 136 valence electrons. The Bertz CT molecular complexity index is 776. The molecule has 0 atom stereocenters. The summed E-state index contributed by atoms with van der Waals surface area (Å²) < 4.78 is 5.71. The van der Waals surface area contributed by atoms with E-state index in [4.69, 9.17) is 10.00 Å². The number of pyridine rings is 1. The van der Waals surface area contributed by atoms with Gasteiger partial charge in [-0.1, -0.05) is 12.1 Å². The molecule has 1 aromatic heterocycles. The van der Waals surface area contributed by atoms with Crippen molar-refractivity contribution < 1.29 is 4.74 Å². The second kappa shape index (κ2) is 8.68. The van der Waals surface area contributed by atoms with Gasteiger partial charge >= 0.3 is 0 Å². The lowest BCUT2D eigenvalue weighted by atomic mass is 10.0. The van der Waals surface area contributed by atoms with Gasteiger partial charge in [-0.2, -0.15) is 5.26 Å². The lowest BCUT2D eigenvalue weighted by Crippen LogP contribution is -2.38. The van der Waals surface area contributed by atoms with Crippen molar-refractivity contribution in [3.63, 3.8) is 0 Å². The first-order chi connectivity index (χ1) is 12.7. The zero-order valence-electron chi connectivity index (χ0n) is 15.5. The fourth-order valence-corrected chi connectivity index (χ4v) is 3.34. The number of nitriles is 1. The number of nitrogens with one attached hydrogen (secondary N) is 1. The van der Waals surface area contributed by atoms with Crippen LogP contribution in [0.5, 0.6) is 5.75 Å². The van der Waals surface area contributed by atoms with E-state index >= 15 is 0 Å². The molecule has 0 radical (unpaired) electrons. The summed E-state index contributed by atoms with van der Waals surface area (Å²) in [6, 6.07) is 12.6. The predicted octanol–water partition coefficient (Wildman–Crippen LogP) is 3.74. The summed E-state index contributed by atoms with van der Waals surface area (Å²) in [5, 5.41) is 12.5. The molecule has 3 rings (SSSR count). The van der Waals surface area contributed by atoms with E-state index in [1.54, 1.807) is 12.3 Å². The van der Waals surface area contributed by atoms with Crippen LogP contribution in [0.3, 0.4) is 0 Å². The Morgan fingerprint density at radius 3 is 2.81 bits per heavy atom. The van der Waals surface area contributed by atoms with E-state index < -0.39 is 0 Å². The predicted molar refractivity (Wildman–Crippen MR) is 103 cm³/mol. The monoisotopic (exact) mass is 350 g/mol. The molecule has 1 N–H and O–H groups in total. The van der Waals surface area contributed by atoms with Crippen LogP contribution in [-0.2, 0) is 6.54 Å². The van der Waals surface area contributed by atoms with Gasteiger partial charge in [0.15, 0.2) is 0 Å². The smallest absolute Gasteiger partial charge is 0.127 e. The van der Waals surface area contributed by atoms with Gasteiger partial charge in [-0.3, -0.25) is 4.90 Å². The van der Waals surface area contributed by atoms with Crippen molar-refractivity contribution in [1.82, 2.24) is 9.88 Å². The third-order valence-corrected chi connectivity index (χ3v) is 4.79. The molecule has 2 aromatic rings. The van der Waals surface area contributed by atoms with Crippen LogP contribution in [0.2, 0.25) is 0 Å². The molecule has 0 unspecified atom stereocenters. The standard InChI is InChI=1S/C21H26N4O/c1-3-26-20-12-18(5-4-16(20)2)15-25-10-7-19(8-11-25)24-21-13-17(14-22)6-9-23-21/h4-6,9,12-13,19H,3,7-8,10-11,15H2,1-2H3,(H,23,24). The molecule has 1 fully saturated rings. The van der Waals surface area contributed by atoms with Crippen LogP contribution >= 0.6 is 0 Å². The zero-order chi connectivity index (χ0) is 18.4. The van der Waals surface area contributed by atoms with Gasteiger partial charge in [-0.15, -0.1) is 0 Å². The molecule has 5 nitrogen and oxygen atoms in total. The van der Waals surface area contributed by atoms with E-state index in [-0.39, 0.29) is 0 Å². The van der Waals surface area contributed by atoms with Crippen molar-refractivity contribution in [1.29, 1.82) is 5.26 Å². The molecule has 1 aliphatic heterocycles. The summed E-state index contributed by atoms with van der Waals surface area (Å²) in [6.45, 7) is 7.85. The summed E-state index contributed by atoms with van der Waals surface area (Å²) in [4.78, 5) is 6.80. The minimum atomic E-state index is 0.407.